The molecule has 2 aromatic heterocycles. The number of hydrogen-bond acceptors (Lipinski definition) is 4. The van der Waals surface area contributed by atoms with Gasteiger partial charge in [-0.15, -0.1) is 0 Å². The number of rotatable bonds is 4. The Morgan fingerprint density at radius 3 is 2.80 bits per heavy atom. The van der Waals surface area contributed by atoms with E-state index in [9.17, 15) is 5.11 Å². The molecule has 2 heterocycles. The van der Waals surface area contributed by atoms with Gasteiger partial charge in [-0.25, -0.2) is 4.98 Å². The standard InChI is InChI=1S/C15H17N3O2/c1-10(19)9-18-12-6-3-2-5-11(12)17-15(18)14(16)13-7-4-8-20-13/h2-8,10,14,19H,9,16H2,1H3. The van der Waals surface area contributed by atoms with Gasteiger partial charge in [-0.1, -0.05) is 12.1 Å². The van der Waals surface area contributed by atoms with Crippen molar-refractivity contribution in [2.45, 2.75) is 25.6 Å². The zero-order valence-electron chi connectivity index (χ0n) is 11.2. The largest absolute Gasteiger partial charge is 0.467 e. The lowest BCUT2D eigenvalue weighted by Gasteiger charge is -2.14. The molecule has 0 saturated carbocycles. The van der Waals surface area contributed by atoms with Crippen molar-refractivity contribution < 1.29 is 9.52 Å². The maximum atomic E-state index is 9.71. The van der Waals surface area contributed by atoms with E-state index in [1.165, 1.54) is 0 Å². The third-order valence-electron chi connectivity index (χ3n) is 3.26. The highest BCUT2D eigenvalue weighted by molar-refractivity contribution is 5.76. The normalized spacial score (nSPS) is 14.6. The molecule has 3 rings (SSSR count). The average Bonchev–Trinajstić information content (AvgIpc) is 3.06. The second-order valence-electron chi connectivity index (χ2n) is 4.91. The zero-order chi connectivity index (χ0) is 14.1. The molecular weight excluding hydrogens is 254 g/mol. The molecule has 0 aliphatic carbocycles. The van der Waals surface area contributed by atoms with E-state index in [2.05, 4.69) is 4.98 Å². The highest BCUT2D eigenvalue weighted by atomic mass is 16.3. The Kier molecular flexibility index (Phi) is 3.30. The lowest BCUT2D eigenvalue weighted by atomic mass is 10.2. The Labute approximate surface area is 116 Å². The van der Waals surface area contributed by atoms with Gasteiger partial charge in [0, 0.05) is 0 Å². The molecule has 2 unspecified atom stereocenters. The molecule has 0 bridgehead atoms. The Hall–Kier alpha value is -2.11. The van der Waals surface area contributed by atoms with Gasteiger partial charge in [0.1, 0.15) is 17.6 Å². The smallest absolute Gasteiger partial charge is 0.134 e. The summed E-state index contributed by atoms with van der Waals surface area (Å²) in [5.74, 6) is 1.36. The lowest BCUT2D eigenvalue weighted by Crippen LogP contribution is -2.21. The van der Waals surface area contributed by atoms with E-state index in [4.69, 9.17) is 10.2 Å². The Balaban J connectivity index is 2.13. The number of hydrogen-bond donors (Lipinski definition) is 2. The van der Waals surface area contributed by atoms with Gasteiger partial charge in [0.2, 0.25) is 0 Å². The molecule has 3 aromatic rings. The summed E-state index contributed by atoms with van der Waals surface area (Å²) in [5.41, 5.74) is 8.07. The molecule has 1 aromatic carbocycles. The maximum absolute atomic E-state index is 9.71. The second kappa shape index (κ2) is 5.11. The van der Waals surface area contributed by atoms with Crippen LogP contribution in [0.4, 0.5) is 0 Å². The number of aromatic nitrogens is 2. The van der Waals surface area contributed by atoms with Gasteiger partial charge in [0.15, 0.2) is 0 Å². The van der Waals surface area contributed by atoms with Crippen LogP contribution in [0.1, 0.15) is 24.6 Å². The first-order valence-electron chi connectivity index (χ1n) is 6.59. The van der Waals surface area contributed by atoms with Crippen LogP contribution in [0.25, 0.3) is 11.0 Å². The molecule has 0 saturated heterocycles. The van der Waals surface area contributed by atoms with Crippen molar-refractivity contribution in [2.24, 2.45) is 5.73 Å². The first-order chi connectivity index (χ1) is 9.66. The van der Waals surface area contributed by atoms with Crippen LogP contribution in [0, 0.1) is 0 Å². The van der Waals surface area contributed by atoms with Crippen LogP contribution in [-0.4, -0.2) is 20.8 Å². The van der Waals surface area contributed by atoms with Crippen LogP contribution >= 0.6 is 0 Å². The van der Waals surface area contributed by atoms with Crippen LogP contribution in [-0.2, 0) is 6.54 Å². The van der Waals surface area contributed by atoms with Crippen molar-refractivity contribution in [3.05, 3.63) is 54.2 Å². The highest BCUT2D eigenvalue weighted by Gasteiger charge is 2.21. The van der Waals surface area contributed by atoms with Gasteiger partial charge in [-0.2, -0.15) is 0 Å². The molecule has 3 N–H and O–H groups in total. The minimum atomic E-state index is -0.477. The second-order valence-corrected chi connectivity index (χ2v) is 4.91. The van der Waals surface area contributed by atoms with E-state index in [1.54, 1.807) is 19.3 Å². The van der Waals surface area contributed by atoms with Crippen molar-refractivity contribution in [3.63, 3.8) is 0 Å². The number of aliphatic hydroxyl groups excluding tert-OH is 1. The summed E-state index contributed by atoms with van der Waals surface area (Å²) >= 11 is 0. The summed E-state index contributed by atoms with van der Waals surface area (Å²) in [6.07, 6.45) is 1.12. The predicted octanol–water partition coefficient (Wildman–Crippen LogP) is 2.06. The molecule has 20 heavy (non-hydrogen) atoms. The van der Waals surface area contributed by atoms with Crippen LogP contribution in [0.15, 0.2) is 47.1 Å². The number of nitrogens with zero attached hydrogens (tertiary/aromatic N) is 2. The number of imidazole rings is 1. The number of para-hydroxylation sites is 2. The van der Waals surface area contributed by atoms with E-state index in [1.807, 2.05) is 34.9 Å². The van der Waals surface area contributed by atoms with Crippen LogP contribution < -0.4 is 5.73 Å². The zero-order valence-corrected chi connectivity index (χ0v) is 11.2. The Morgan fingerprint density at radius 1 is 1.30 bits per heavy atom. The molecule has 2 atom stereocenters. The number of benzene rings is 1. The first kappa shape index (κ1) is 12.9. The predicted molar refractivity (Wildman–Crippen MR) is 76.2 cm³/mol. The molecule has 0 aliphatic heterocycles. The average molecular weight is 271 g/mol. The van der Waals surface area contributed by atoms with Crippen molar-refractivity contribution in [1.29, 1.82) is 0 Å². The quantitative estimate of drug-likeness (QED) is 0.761. The van der Waals surface area contributed by atoms with Crippen molar-refractivity contribution in [2.75, 3.05) is 0 Å². The van der Waals surface area contributed by atoms with Crippen molar-refractivity contribution in [1.82, 2.24) is 9.55 Å². The van der Waals surface area contributed by atoms with Gasteiger partial charge in [0.25, 0.3) is 0 Å². The van der Waals surface area contributed by atoms with E-state index in [0.29, 0.717) is 18.1 Å². The fourth-order valence-electron chi connectivity index (χ4n) is 2.38. The van der Waals surface area contributed by atoms with E-state index < -0.39 is 12.1 Å². The number of furan rings is 1. The third-order valence-corrected chi connectivity index (χ3v) is 3.26. The summed E-state index contributed by atoms with van der Waals surface area (Å²) in [6.45, 7) is 2.20. The van der Waals surface area contributed by atoms with Crippen LogP contribution in [0.5, 0.6) is 0 Å². The summed E-state index contributed by atoms with van der Waals surface area (Å²) in [7, 11) is 0. The van der Waals surface area contributed by atoms with Gasteiger partial charge in [-0.05, 0) is 31.2 Å². The molecule has 5 heteroatoms. The van der Waals surface area contributed by atoms with Crippen LogP contribution in [0.2, 0.25) is 0 Å². The molecular formula is C15H17N3O2. The topological polar surface area (TPSA) is 77.2 Å². The molecule has 0 amide bonds. The van der Waals surface area contributed by atoms with Crippen molar-refractivity contribution >= 4 is 11.0 Å². The third kappa shape index (κ3) is 2.21. The minimum Gasteiger partial charge on any atom is -0.467 e. The van der Waals surface area contributed by atoms with E-state index in [-0.39, 0.29) is 0 Å². The molecule has 0 radical (unpaired) electrons. The summed E-state index contributed by atoms with van der Waals surface area (Å²) in [6, 6.07) is 11.0. The molecule has 0 spiro atoms. The summed E-state index contributed by atoms with van der Waals surface area (Å²) in [4.78, 5) is 4.59. The van der Waals surface area contributed by atoms with Gasteiger partial charge < -0.3 is 19.8 Å². The van der Waals surface area contributed by atoms with E-state index >= 15 is 0 Å². The summed E-state index contributed by atoms with van der Waals surface area (Å²) in [5, 5.41) is 9.71. The highest BCUT2D eigenvalue weighted by Crippen LogP contribution is 2.24. The number of fused-ring (bicyclic) bond motifs is 1. The molecule has 0 aliphatic rings. The molecule has 5 nitrogen and oxygen atoms in total. The van der Waals surface area contributed by atoms with Gasteiger partial charge in [0.05, 0.1) is 29.9 Å². The molecule has 0 fully saturated rings. The monoisotopic (exact) mass is 271 g/mol. The molecule has 104 valence electrons. The van der Waals surface area contributed by atoms with Gasteiger partial charge in [-0.3, -0.25) is 0 Å². The SMILES string of the molecule is CC(O)Cn1c(C(N)c2ccco2)nc2ccccc21. The Bertz CT molecular complexity index is 701. The van der Waals surface area contributed by atoms with Crippen molar-refractivity contribution in [3.8, 4) is 0 Å². The summed E-state index contributed by atoms with van der Waals surface area (Å²) < 4.78 is 7.32. The lowest BCUT2D eigenvalue weighted by molar-refractivity contribution is 0.173. The maximum Gasteiger partial charge on any atom is 0.134 e. The van der Waals surface area contributed by atoms with Crippen LogP contribution in [0.3, 0.4) is 0 Å². The van der Waals surface area contributed by atoms with Gasteiger partial charge >= 0.3 is 0 Å². The number of aliphatic hydroxyl groups is 1. The Morgan fingerprint density at radius 2 is 2.10 bits per heavy atom. The fraction of sp³-hybridized carbons (Fsp3) is 0.267. The van der Waals surface area contributed by atoms with E-state index in [0.717, 1.165) is 11.0 Å². The minimum absolute atomic E-state index is 0.448. The first-order valence-corrected chi connectivity index (χ1v) is 6.59. The number of nitrogens with two attached hydrogens (primary N) is 1. The fourth-order valence-corrected chi connectivity index (χ4v) is 2.38.